The summed E-state index contributed by atoms with van der Waals surface area (Å²) in [5, 5.41) is 12.8. The first kappa shape index (κ1) is 33.9. The summed E-state index contributed by atoms with van der Waals surface area (Å²) in [4.78, 5) is 59.7. The number of hydrogen-bond acceptors (Lipinski definition) is 7. The van der Waals surface area contributed by atoms with Gasteiger partial charge in [-0.15, -0.1) is 0 Å². The Kier molecular flexibility index (Phi) is 10.3. The van der Waals surface area contributed by atoms with Crippen molar-refractivity contribution < 1.29 is 33.8 Å². The van der Waals surface area contributed by atoms with Crippen molar-refractivity contribution in [3.8, 4) is 0 Å². The Morgan fingerprint density at radius 1 is 0.958 bits per heavy atom. The van der Waals surface area contributed by atoms with Gasteiger partial charge in [0.2, 0.25) is 11.8 Å². The fraction of sp³-hybridized carbons (Fsp3) is 0.459. The minimum Gasteiger partial charge on any atom is -0.455 e. The van der Waals surface area contributed by atoms with Crippen LogP contribution in [0.3, 0.4) is 0 Å². The molecule has 1 spiro atoms. The average Bonchev–Trinajstić information content (AvgIpc) is 3.46. The molecular formula is C37H42ClN3O7. The lowest BCUT2D eigenvalue weighted by Gasteiger charge is -2.35. The molecule has 0 unspecified atom stereocenters. The van der Waals surface area contributed by atoms with Crippen LogP contribution in [-0.2, 0) is 28.7 Å². The van der Waals surface area contributed by atoms with E-state index in [9.17, 15) is 24.3 Å². The summed E-state index contributed by atoms with van der Waals surface area (Å²) in [6, 6.07) is 14.6. The third kappa shape index (κ3) is 6.53. The lowest BCUT2D eigenvalue weighted by molar-refractivity contribution is -0.161. The van der Waals surface area contributed by atoms with Crippen LogP contribution >= 0.6 is 11.6 Å². The van der Waals surface area contributed by atoms with Gasteiger partial charge in [0, 0.05) is 36.8 Å². The number of aliphatic hydroxyl groups excluding tert-OH is 1. The van der Waals surface area contributed by atoms with Crippen LogP contribution in [-0.4, -0.2) is 77.2 Å². The molecule has 4 heterocycles. The van der Waals surface area contributed by atoms with E-state index in [0.29, 0.717) is 42.1 Å². The van der Waals surface area contributed by atoms with Gasteiger partial charge in [0.05, 0.1) is 18.1 Å². The monoisotopic (exact) mass is 675 g/mol. The van der Waals surface area contributed by atoms with Gasteiger partial charge in [0.1, 0.15) is 23.7 Å². The van der Waals surface area contributed by atoms with Crippen molar-refractivity contribution in [3.05, 3.63) is 89.5 Å². The normalized spacial score (nSPS) is 31.1. The number of allylic oxidation sites excluding steroid dienone is 1. The number of aliphatic hydroxyl groups is 1. The fourth-order valence-corrected chi connectivity index (χ4v) is 7.67. The summed E-state index contributed by atoms with van der Waals surface area (Å²) in [7, 11) is 0. The van der Waals surface area contributed by atoms with Crippen LogP contribution in [0, 0.1) is 11.8 Å². The predicted molar refractivity (Wildman–Crippen MR) is 180 cm³/mol. The Balaban J connectivity index is 1.40. The molecule has 4 aliphatic heterocycles. The SMILES string of the molecule is C[C@@H]1NC(=O)CC/C=C\[C@@H]2O[C@@]34C=CCN(c5ccc(Cl)cc5)C(=O)[C@@H]3N(CCCCCCO)C(=O)[C@H]4[C@@H]2C(=O)O[C@H]1c1ccccc1. The van der Waals surface area contributed by atoms with Gasteiger partial charge in [-0.1, -0.05) is 79.1 Å². The summed E-state index contributed by atoms with van der Waals surface area (Å²) < 4.78 is 13.1. The number of cyclic esters (lactones) is 1. The van der Waals surface area contributed by atoms with Crippen molar-refractivity contribution >= 4 is 41.0 Å². The molecule has 6 rings (SSSR count). The minimum absolute atomic E-state index is 0.0919. The van der Waals surface area contributed by atoms with E-state index in [4.69, 9.17) is 21.1 Å². The quantitative estimate of drug-likeness (QED) is 0.240. The number of esters is 1. The molecule has 0 radical (unpaired) electrons. The first-order valence-corrected chi connectivity index (χ1v) is 17.2. The van der Waals surface area contributed by atoms with Crippen LogP contribution in [0.2, 0.25) is 5.02 Å². The molecule has 0 aromatic heterocycles. The van der Waals surface area contributed by atoms with Gasteiger partial charge in [-0.25, -0.2) is 0 Å². The number of nitrogens with zero attached hydrogens (tertiary/aromatic N) is 2. The summed E-state index contributed by atoms with van der Waals surface area (Å²) >= 11 is 6.16. The lowest BCUT2D eigenvalue weighted by atomic mass is 9.77. The number of unbranched alkanes of at least 4 members (excludes halogenated alkanes) is 3. The third-order valence-electron chi connectivity index (χ3n) is 9.79. The number of benzene rings is 2. The maximum atomic E-state index is 14.6. The highest BCUT2D eigenvalue weighted by Gasteiger charge is 2.71. The molecule has 48 heavy (non-hydrogen) atoms. The second-order valence-corrected chi connectivity index (χ2v) is 13.4. The highest BCUT2D eigenvalue weighted by Crippen LogP contribution is 2.53. The van der Waals surface area contributed by atoms with Gasteiger partial charge in [0.15, 0.2) is 0 Å². The van der Waals surface area contributed by atoms with Crippen LogP contribution in [0.15, 0.2) is 78.9 Å². The van der Waals surface area contributed by atoms with Gasteiger partial charge >= 0.3 is 5.97 Å². The van der Waals surface area contributed by atoms with Crippen LogP contribution in [0.25, 0.3) is 0 Å². The molecule has 0 saturated carbocycles. The predicted octanol–water partition coefficient (Wildman–Crippen LogP) is 4.52. The number of carbonyl (C=O) groups is 4. The molecule has 2 aromatic carbocycles. The van der Waals surface area contributed by atoms with Crippen molar-refractivity contribution in [1.29, 1.82) is 0 Å². The molecule has 11 heteroatoms. The zero-order valence-corrected chi connectivity index (χ0v) is 27.8. The maximum absolute atomic E-state index is 14.6. The van der Waals surface area contributed by atoms with Crippen molar-refractivity contribution in [1.82, 2.24) is 10.2 Å². The topological polar surface area (TPSA) is 125 Å². The number of hydrogen-bond donors (Lipinski definition) is 2. The van der Waals surface area contributed by atoms with Gasteiger partial charge < -0.3 is 29.7 Å². The van der Waals surface area contributed by atoms with Crippen LogP contribution in [0.1, 0.15) is 57.1 Å². The van der Waals surface area contributed by atoms with Crippen molar-refractivity contribution in [2.24, 2.45) is 11.8 Å². The van der Waals surface area contributed by atoms with Gasteiger partial charge in [-0.2, -0.15) is 0 Å². The van der Waals surface area contributed by atoms with Crippen LogP contribution < -0.4 is 10.2 Å². The first-order chi connectivity index (χ1) is 23.2. The highest BCUT2D eigenvalue weighted by molar-refractivity contribution is 6.30. The van der Waals surface area contributed by atoms with Gasteiger partial charge in [-0.05, 0) is 56.0 Å². The largest absolute Gasteiger partial charge is 0.455 e. The minimum atomic E-state index is -1.43. The summed E-state index contributed by atoms with van der Waals surface area (Å²) in [5.74, 6) is -3.50. The molecule has 254 valence electrons. The van der Waals surface area contributed by atoms with E-state index in [1.165, 1.54) is 0 Å². The molecule has 10 nitrogen and oxygen atoms in total. The second kappa shape index (κ2) is 14.6. The van der Waals surface area contributed by atoms with E-state index in [2.05, 4.69) is 5.32 Å². The van der Waals surface area contributed by atoms with E-state index in [-0.39, 0.29) is 37.3 Å². The van der Waals surface area contributed by atoms with Crippen molar-refractivity contribution in [2.45, 2.75) is 75.3 Å². The third-order valence-corrected chi connectivity index (χ3v) is 10.0. The van der Waals surface area contributed by atoms with E-state index in [0.717, 1.165) is 12.8 Å². The standard InChI is InChI=1S/C37H42ClN3O7/c1-24-32(25-12-5-4-6-13-25)47-36(46)30-28(14-7-8-15-29(43)39-24)48-37-20-11-22-40(27-18-16-26(38)17-19-27)35(45)33(37)41(34(44)31(30)37)21-9-2-3-10-23-42/h4-7,11-14,16-20,24,28,30-33,42H,2-3,8-10,15,21-23H2,1H3,(H,39,43)/b14-7-/t24-,28-,30+,31+,32+,33-,37+/m0/s1. The maximum Gasteiger partial charge on any atom is 0.313 e. The summed E-state index contributed by atoms with van der Waals surface area (Å²) in [5.41, 5.74) is -0.0911. The number of likely N-dealkylation sites (tertiary alicyclic amines) is 1. The molecule has 2 N–H and O–H groups in total. The van der Waals surface area contributed by atoms with Gasteiger partial charge in [-0.3, -0.25) is 19.2 Å². The molecule has 2 saturated heterocycles. The molecule has 0 bridgehead atoms. The van der Waals surface area contributed by atoms with E-state index in [1.54, 1.807) is 59.2 Å². The molecule has 0 aliphatic carbocycles. The van der Waals surface area contributed by atoms with E-state index >= 15 is 0 Å². The van der Waals surface area contributed by atoms with Crippen LogP contribution in [0.4, 0.5) is 5.69 Å². The average molecular weight is 676 g/mol. The number of anilines is 1. The zero-order valence-electron chi connectivity index (χ0n) is 27.0. The Morgan fingerprint density at radius 3 is 2.46 bits per heavy atom. The fourth-order valence-electron chi connectivity index (χ4n) is 7.54. The summed E-state index contributed by atoms with van der Waals surface area (Å²) in [6.45, 7) is 2.42. The number of halogens is 1. The Morgan fingerprint density at radius 2 is 1.71 bits per heavy atom. The number of ether oxygens (including phenoxy) is 2. The molecule has 2 fully saturated rings. The molecular weight excluding hydrogens is 634 g/mol. The smallest absolute Gasteiger partial charge is 0.313 e. The Labute approximate surface area is 285 Å². The van der Waals surface area contributed by atoms with Crippen molar-refractivity contribution in [2.75, 3.05) is 24.6 Å². The molecule has 4 aliphatic rings. The number of amides is 3. The number of carbonyl (C=O) groups excluding carboxylic acids is 4. The molecule has 3 amide bonds. The Hall–Kier alpha value is -3.99. The summed E-state index contributed by atoms with van der Waals surface area (Å²) in [6.07, 6.45) is 8.94. The molecule has 7 atom stereocenters. The Bertz CT molecular complexity index is 1560. The van der Waals surface area contributed by atoms with E-state index in [1.807, 2.05) is 36.4 Å². The highest BCUT2D eigenvalue weighted by atomic mass is 35.5. The number of nitrogens with one attached hydrogen (secondary N) is 1. The van der Waals surface area contributed by atoms with Gasteiger partial charge in [0.25, 0.3) is 5.91 Å². The number of fused-ring (bicyclic) bond motifs is 2. The zero-order chi connectivity index (χ0) is 33.8. The lowest BCUT2D eigenvalue weighted by Crippen LogP contribution is -2.55. The van der Waals surface area contributed by atoms with E-state index < -0.39 is 47.7 Å². The molecule has 2 aromatic rings. The van der Waals surface area contributed by atoms with Crippen LogP contribution in [0.5, 0.6) is 0 Å². The number of rotatable bonds is 8. The van der Waals surface area contributed by atoms with Crippen molar-refractivity contribution in [3.63, 3.8) is 0 Å². The first-order valence-electron chi connectivity index (χ1n) is 16.8. The second-order valence-electron chi connectivity index (χ2n) is 12.9.